The highest BCUT2D eigenvalue weighted by molar-refractivity contribution is 5.93. The zero-order valence-electron chi connectivity index (χ0n) is 18.8. The van der Waals surface area contributed by atoms with E-state index in [-0.39, 0.29) is 37.5 Å². The van der Waals surface area contributed by atoms with E-state index in [0.717, 1.165) is 22.3 Å². The molecule has 32 heavy (non-hydrogen) atoms. The Bertz CT molecular complexity index is 905. The van der Waals surface area contributed by atoms with Crippen molar-refractivity contribution in [3.63, 3.8) is 0 Å². The third-order valence-electron chi connectivity index (χ3n) is 4.71. The van der Waals surface area contributed by atoms with E-state index in [2.05, 4.69) is 10.6 Å². The summed E-state index contributed by atoms with van der Waals surface area (Å²) in [7, 11) is 0. The highest BCUT2D eigenvalue weighted by Crippen LogP contribution is 2.15. The Hall–Kier alpha value is -3.68. The number of benzene rings is 2. The lowest BCUT2D eigenvalue weighted by atomic mass is 10.1. The van der Waals surface area contributed by atoms with Gasteiger partial charge < -0.3 is 20.8 Å². The van der Waals surface area contributed by atoms with Crippen molar-refractivity contribution in [2.24, 2.45) is 0 Å². The van der Waals surface area contributed by atoms with Gasteiger partial charge in [0.2, 0.25) is 11.8 Å². The van der Waals surface area contributed by atoms with Crippen LogP contribution < -0.4 is 10.6 Å². The zero-order valence-corrected chi connectivity index (χ0v) is 18.8. The van der Waals surface area contributed by atoms with Crippen molar-refractivity contribution in [2.45, 2.75) is 53.4 Å². The quantitative estimate of drug-likeness (QED) is 0.484. The minimum Gasteiger partial charge on any atom is -0.481 e. The van der Waals surface area contributed by atoms with Crippen LogP contribution in [0.1, 0.15) is 47.9 Å². The first-order chi connectivity index (χ1) is 15.0. The summed E-state index contributed by atoms with van der Waals surface area (Å²) in [6.45, 7) is 7.90. The molecule has 0 aliphatic heterocycles. The second-order valence-electron chi connectivity index (χ2n) is 7.48. The maximum Gasteiger partial charge on any atom is 0.303 e. The van der Waals surface area contributed by atoms with Gasteiger partial charge in [0.05, 0.1) is 12.8 Å². The molecule has 0 aliphatic rings. The third kappa shape index (κ3) is 10.4. The van der Waals surface area contributed by atoms with Crippen molar-refractivity contribution in [1.82, 2.24) is 0 Å². The Morgan fingerprint density at radius 1 is 0.594 bits per heavy atom. The number of carboxylic acids is 2. The van der Waals surface area contributed by atoms with E-state index < -0.39 is 11.9 Å². The smallest absolute Gasteiger partial charge is 0.303 e. The van der Waals surface area contributed by atoms with Crippen molar-refractivity contribution in [3.05, 3.63) is 58.7 Å². The van der Waals surface area contributed by atoms with Gasteiger partial charge in [-0.25, -0.2) is 0 Å². The van der Waals surface area contributed by atoms with Crippen LogP contribution in [0.4, 0.5) is 11.4 Å². The largest absolute Gasteiger partial charge is 0.481 e. The molecule has 0 aliphatic carbocycles. The number of hydrogen-bond acceptors (Lipinski definition) is 4. The summed E-state index contributed by atoms with van der Waals surface area (Å²) < 4.78 is 0. The topological polar surface area (TPSA) is 133 Å². The Kier molecular flexibility index (Phi) is 10.6. The second kappa shape index (κ2) is 12.9. The lowest BCUT2D eigenvalue weighted by molar-refractivity contribution is -0.138. The molecule has 8 heteroatoms. The Balaban J connectivity index is 0.000000320. The molecular formula is C24H30N2O6. The van der Waals surface area contributed by atoms with Gasteiger partial charge in [0.25, 0.3) is 0 Å². The number of hydrogen-bond donors (Lipinski definition) is 4. The van der Waals surface area contributed by atoms with Gasteiger partial charge >= 0.3 is 11.9 Å². The van der Waals surface area contributed by atoms with Crippen LogP contribution in [0.25, 0.3) is 0 Å². The van der Waals surface area contributed by atoms with Crippen molar-refractivity contribution in [3.8, 4) is 0 Å². The van der Waals surface area contributed by atoms with Crippen LogP contribution >= 0.6 is 0 Å². The Labute approximate surface area is 187 Å². The molecule has 0 saturated heterocycles. The monoisotopic (exact) mass is 442 g/mol. The number of carbonyl (C=O) groups excluding carboxylic acids is 2. The maximum atomic E-state index is 11.3. The first-order valence-corrected chi connectivity index (χ1v) is 10.2. The van der Waals surface area contributed by atoms with E-state index in [1.165, 1.54) is 0 Å². The average molecular weight is 443 g/mol. The molecule has 2 aromatic carbocycles. The van der Waals surface area contributed by atoms with Gasteiger partial charge in [-0.2, -0.15) is 0 Å². The van der Waals surface area contributed by atoms with Crippen LogP contribution in [0.2, 0.25) is 0 Å². The van der Waals surface area contributed by atoms with Gasteiger partial charge in [-0.05, 0) is 74.2 Å². The standard InChI is InChI=1S/2C12H15NO3/c2*1-8-3-4-10(7-9(8)2)13-11(14)5-6-12(15)16/h2*3-4,7H,5-6H2,1-2H3,(H,13,14)(H,15,16). The maximum absolute atomic E-state index is 11.3. The number of anilines is 2. The SMILES string of the molecule is Cc1ccc(NC(=O)CCC(=O)O)cc1C.Cc1ccc(NC(=O)CCC(=O)O)cc1C. The van der Waals surface area contributed by atoms with Crippen molar-refractivity contribution in [2.75, 3.05) is 10.6 Å². The summed E-state index contributed by atoms with van der Waals surface area (Å²) in [6.07, 6.45) is -0.280. The van der Waals surface area contributed by atoms with E-state index in [1.54, 1.807) is 12.1 Å². The van der Waals surface area contributed by atoms with E-state index in [4.69, 9.17) is 10.2 Å². The van der Waals surface area contributed by atoms with Crippen LogP contribution in [-0.2, 0) is 19.2 Å². The predicted molar refractivity (Wildman–Crippen MR) is 123 cm³/mol. The van der Waals surface area contributed by atoms with Crippen molar-refractivity contribution >= 4 is 35.1 Å². The zero-order chi connectivity index (χ0) is 24.3. The summed E-state index contributed by atoms with van der Waals surface area (Å²) in [6, 6.07) is 11.2. The fourth-order valence-electron chi connectivity index (χ4n) is 2.53. The van der Waals surface area contributed by atoms with E-state index in [1.807, 2.05) is 52.0 Å². The Morgan fingerprint density at radius 3 is 1.22 bits per heavy atom. The lowest BCUT2D eigenvalue weighted by Gasteiger charge is -2.06. The lowest BCUT2D eigenvalue weighted by Crippen LogP contribution is -2.13. The third-order valence-corrected chi connectivity index (χ3v) is 4.71. The molecule has 172 valence electrons. The molecule has 0 aromatic heterocycles. The van der Waals surface area contributed by atoms with Crippen molar-refractivity contribution in [1.29, 1.82) is 0 Å². The molecule has 0 bridgehead atoms. The first-order valence-electron chi connectivity index (χ1n) is 10.2. The van der Waals surface area contributed by atoms with E-state index in [9.17, 15) is 19.2 Å². The van der Waals surface area contributed by atoms with Gasteiger partial charge in [0.15, 0.2) is 0 Å². The van der Waals surface area contributed by atoms with Gasteiger partial charge in [-0.15, -0.1) is 0 Å². The molecule has 0 spiro atoms. The van der Waals surface area contributed by atoms with Crippen LogP contribution in [0.5, 0.6) is 0 Å². The van der Waals surface area contributed by atoms with Crippen LogP contribution in [-0.4, -0.2) is 34.0 Å². The van der Waals surface area contributed by atoms with Gasteiger partial charge in [0, 0.05) is 24.2 Å². The first kappa shape index (κ1) is 26.4. The highest BCUT2D eigenvalue weighted by atomic mass is 16.4. The summed E-state index contributed by atoms with van der Waals surface area (Å²) in [5, 5.41) is 22.2. The molecule has 2 amide bonds. The number of rotatable bonds is 8. The fourth-order valence-corrected chi connectivity index (χ4v) is 2.53. The molecule has 0 atom stereocenters. The van der Waals surface area contributed by atoms with Gasteiger partial charge in [-0.3, -0.25) is 19.2 Å². The van der Waals surface area contributed by atoms with Gasteiger partial charge in [0.1, 0.15) is 0 Å². The number of carboxylic acid groups (broad SMARTS) is 2. The number of aryl methyl sites for hydroxylation is 4. The molecule has 2 aromatic rings. The average Bonchev–Trinajstić information content (AvgIpc) is 2.71. The summed E-state index contributed by atoms with van der Waals surface area (Å²) in [5.41, 5.74) is 5.91. The predicted octanol–water partition coefficient (Wildman–Crippen LogP) is 4.21. The fraction of sp³-hybridized carbons (Fsp3) is 0.333. The van der Waals surface area contributed by atoms with Crippen molar-refractivity contribution < 1.29 is 29.4 Å². The molecule has 0 unspecified atom stereocenters. The molecule has 0 saturated carbocycles. The minimum absolute atomic E-state index is 0.00224. The Morgan fingerprint density at radius 2 is 0.938 bits per heavy atom. The summed E-state index contributed by atoms with van der Waals surface area (Å²) in [5.74, 6) is -2.47. The number of nitrogens with one attached hydrogen (secondary N) is 2. The molecule has 0 fully saturated rings. The molecule has 8 nitrogen and oxygen atoms in total. The molecular weight excluding hydrogens is 412 g/mol. The second-order valence-corrected chi connectivity index (χ2v) is 7.48. The van der Waals surface area contributed by atoms with Crippen LogP contribution in [0.15, 0.2) is 36.4 Å². The van der Waals surface area contributed by atoms with Crippen LogP contribution in [0.3, 0.4) is 0 Å². The summed E-state index contributed by atoms with van der Waals surface area (Å²) in [4.78, 5) is 43.2. The van der Waals surface area contributed by atoms with Gasteiger partial charge in [-0.1, -0.05) is 12.1 Å². The highest BCUT2D eigenvalue weighted by Gasteiger charge is 2.07. The van der Waals surface area contributed by atoms with Crippen LogP contribution in [0, 0.1) is 27.7 Å². The number of carbonyl (C=O) groups is 4. The molecule has 2 rings (SSSR count). The number of amides is 2. The molecule has 4 N–H and O–H groups in total. The summed E-state index contributed by atoms with van der Waals surface area (Å²) >= 11 is 0. The molecule has 0 heterocycles. The van der Waals surface area contributed by atoms with E-state index in [0.29, 0.717) is 11.4 Å². The molecule has 0 radical (unpaired) electrons. The van der Waals surface area contributed by atoms with E-state index >= 15 is 0 Å². The normalized spacial score (nSPS) is 9.88. The minimum atomic E-state index is -0.963. The number of aliphatic carboxylic acids is 2.